The lowest BCUT2D eigenvalue weighted by molar-refractivity contribution is -0.132. The highest BCUT2D eigenvalue weighted by molar-refractivity contribution is 9.11. The molecule has 5 heteroatoms. The Morgan fingerprint density at radius 1 is 1.35 bits per heavy atom. The molecule has 1 aliphatic heterocycles. The number of amides is 1. The van der Waals surface area contributed by atoms with Gasteiger partial charge in [-0.25, -0.2) is 0 Å². The van der Waals surface area contributed by atoms with Gasteiger partial charge in [-0.2, -0.15) is 0 Å². The summed E-state index contributed by atoms with van der Waals surface area (Å²) in [7, 11) is 0. The van der Waals surface area contributed by atoms with E-state index in [2.05, 4.69) is 27.8 Å². The first-order valence-electron chi connectivity index (χ1n) is 5.93. The molecule has 94 valence electrons. The molecule has 1 fully saturated rings. The summed E-state index contributed by atoms with van der Waals surface area (Å²) in [4.78, 5) is 17.6. The molecule has 2 heterocycles. The zero-order chi connectivity index (χ0) is 12.3. The summed E-state index contributed by atoms with van der Waals surface area (Å²) in [5.41, 5.74) is 0. The third-order valence-corrected chi connectivity index (χ3v) is 4.75. The first-order valence-corrected chi connectivity index (χ1v) is 7.54. The Kier molecular flexibility index (Phi) is 4.59. The van der Waals surface area contributed by atoms with Gasteiger partial charge >= 0.3 is 0 Å². The standard InChI is InChI=1S/C12H17BrN2OS/c1-2-14-5-7-15(8-6-14)12(16)9-10-3-4-11(13)17-10/h3-4H,2,5-9H2,1H3. The van der Waals surface area contributed by atoms with Crippen molar-refractivity contribution in [2.75, 3.05) is 32.7 Å². The maximum atomic E-state index is 12.1. The van der Waals surface area contributed by atoms with Crippen LogP contribution in [-0.2, 0) is 11.2 Å². The van der Waals surface area contributed by atoms with Crippen molar-refractivity contribution in [1.82, 2.24) is 9.80 Å². The van der Waals surface area contributed by atoms with Gasteiger partial charge in [-0.05, 0) is 34.6 Å². The van der Waals surface area contributed by atoms with Crippen molar-refractivity contribution in [2.45, 2.75) is 13.3 Å². The van der Waals surface area contributed by atoms with Crippen LogP contribution >= 0.6 is 27.3 Å². The van der Waals surface area contributed by atoms with Crippen molar-refractivity contribution in [2.24, 2.45) is 0 Å². The molecule has 0 radical (unpaired) electrons. The van der Waals surface area contributed by atoms with E-state index < -0.39 is 0 Å². The van der Waals surface area contributed by atoms with Crippen molar-refractivity contribution in [1.29, 1.82) is 0 Å². The SMILES string of the molecule is CCN1CCN(C(=O)Cc2ccc(Br)s2)CC1. The fourth-order valence-electron chi connectivity index (χ4n) is 2.02. The predicted octanol–water partition coefficient (Wildman–Crippen LogP) is 2.22. The predicted molar refractivity (Wildman–Crippen MR) is 74.4 cm³/mol. The van der Waals surface area contributed by atoms with Crippen molar-refractivity contribution in [3.8, 4) is 0 Å². The van der Waals surface area contributed by atoms with Crippen molar-refractivity contribution < 1.29 is 4.79 Å². The van der Waals surface area contributed by atoms with Gasteiger partial charge in [0.2, 0.25) is 5.91 Å². The minimum absolute atomic E-state index is 0.259. The highest BCUT2D eigenvalue weighted by Gasteiger charge is 2.20. The quantitative estimate of drug-likeness (QED) is 0.853. The van der Waals surface area contributed by atoms with Crippen LogP contribution in [0.1, 0.15) is 11.8 Å². The van der Waals surface area contributed by atoms with Gasteiger partial charge in [0, 0.05) is 31.1 Å². The Balaban J connectivity index is 1.85. The van der Waals surface area contributed by atoms with Crippen LogP contribution in [0.5, 0.6) is 0 Å². The first kappa shape index (κ1) is 13.1. The van der Waals surface area contributed by atoms with Crippen LogP contribution < -0.4 is 0 Å². The number of likely N-dealkylation sites (N-methyl/N-ethyl adjacent to an activating group) is 1. The molecule has 0 aromatic carbocycles. The molecule has 3 nitrogen and oxygen atoms in total. The molecular weight excluding hydrogens is 300 g/mol. The molecule has 1 saturated heterocycles. The maximum absolute atomic E-state index is 12.1. The van der Waals surface area contributed by atoms with Gasteiger partial charge in [0.05, 0.1) is 10.2 Å². The normalized spacial score (nSPS) is 17.4. The Morgan fingerprint density at radius 2 is 2.06 bits per heavy atom. The largest absolute Gasteiger partial charge is 0.340 e. The van der Waals surface area contributed by atoms with Gasteiger partial charge < -0.3 is 9.80 Å². The molecule has 0 saturated carbocycles. The van der Waals surface area contributed by atoms with E-state index >= 15 is 0 Å². The highest BCUT2D eigenvalue weighted by atomic mass is 79.9. The van der Waals surface area contributed by atoms with Crippen molar-refractivity contribution >= 4 is 33.2 Å². The molecule has 1 aliphatic rings. The molecule has 0 bridgehead atoms. The Morgan fingerprint density at radius 3 is 2.59 bits per heavy atom. The number of hydrogen-bond acceptors (Lipinski definition) is 3. The summed E-state index contributed by atoms with van der Waals surface area (Å²) in [6.07, 6.45) is 0.544. The number of rotatable bonds is 3. The number of thiophene rings is 1. The molecule has 0 atom stereocenters. The minimum Gasteiger partial charge on any atom is -0.340 e. The van der Waals surface area contributed by atoms with Gasteiger partial charge in [-0.3, -0.25) is 4.79 Å². The second-order valence-electron chi connectivity index (χ2n) is 4.20. The molecular formula is C12H17BrN2OS. The Hall–Kier alpha value is -0.390. The van der Waals surface area contributed by atoms with Crippen LogP contribution in [0.3, 0.4) is 0 Å². The molecule has 17 heavy (non-hydrogen) atoms. The molecule has 0 unspecified atom stereocenters. The minimum atomic E-state index is 0.259. The van der Waals surface area contributed by atoms with Crippen LogP contribution in [0, 0.1) is 0 Å². The topological polar surface area (TPSA) is 23.6 Å². The van der Waals surface area contributed by atoms with E-state index in [4.69, 9.17) is 0 Å². The van der Waals surface area contributed by atoms with E-state index in [1.165, 1.54) is 0 Å². The Bertz CT molecular complexity index is 386. The monoisotopic (exact) mass is 316 g/mol. The van der Waals surface area contributed by atoms with Gasteiger partial charge in [0.1, 0.15) is 0 Å². The number of nitrogens with zero attached hydrogens (tertiary/aromatic N) is 2. The number of carbonyl (C=O) groups excluding carboxylic acids is 1. The lowest BCUT2D eigenvalue weighted by atomic mass is 10.2. The van der Waals surface area contributed by atoms with Crippen molar-refractivity contribution in [3.63, 3.8) is 0 Å². The van der Waals surface area contributed by atoms with E-state index in [0.29, 0.717) is 6.42 Å². The average molecular weight is 317 g/mol. The zero-order valence-electron chi connectivity index (χ0n) is 9.99. The van der Waals surface area contributed by atoms with Crippen molar-refractivity contribution in [3.05, 3.63) is 20.8 Å². The van der Waals surface area contributed by atoms with Crippen LogP contribution in [0.25, 0.3) is 0 Å². The zero-order valence-corrected chi connectivity index (χ0v) is 12.4. The number of hydrogen-bond donors (Lipinski definition) is 0. The van der Waals surface area contributed by atoms with Gasteiger partial charge in [0.25, 0.3) is 0 Å². The van der Waals surface area contributed by atoms with E-state index in [0.717, 1.165) is 41.4 Å². The molecule has 0 spiro atoms. The molecule has 0 N–H and O–H groups in total. The smallest absolute Gasteiger partial charge is 0.227 e. The number of piperazine rings is 1. The molecule has 0 aliphatic carbocycles. The van der Waals surface area contributed by atoms with Gasteiger partial charge in [-0.1, -0.05) is 6.92 Å². The fourth-order valence-corrected chi connectivity index (χ4v) is 3.50. The molecule has 2 rings (SSSR count). The number of carbonyl (C=O) groups is 1. The lowest BCUT2D eigenvalue weighted by Gasteiger charge is -2.34. The van der Waals surface area contributed by atoms with E-state index in [-0.39, 0.29) is 5.91 Å². The summed E-state index contributed by atoms with van der Waals surface area (Å²) >= 11 is 5.07. The maximum Gasteiger partial charge on any atom is 0.227 e. The van der Waals surface area contributed by atoms with Crippen LogP contribution in [-0.4, -0.2) is 48.4 Å². The second-order valence-corrected chi connectivity index (χ2v) is 6.75. The second kappa shape index (κ2) is 5.98. The van der Waals surface area contributed by atoms with Gasteiger partial charge in [-0.15, -0.1) is 11.3 Å². The van der Waals surface area contributed by atoms with E-state index in [1.54, 1.807) is 11.3 Å². The third kappa shape index (κ3) is 3.53. The average Bonchev–Trinajstić information content (AvgIpc) is 2.75. The van der Waals surface area contributed by atoms with Gasteiger partial charge in [0.15, 0.2) is 0 Å². The summed E-state index contributed by atoms with van der Waals surface area (Å²) in [6.45, 7) is 7.02. The lowest BCUT2D eigenvalue weighted by Crippen LogP contribution is -2.48. The Labute approximate surface area is 115 Å². The molecule has 1 aromatic heterocycles. The molecule has 1 aromatic rings. The fraction of sp³-hybridized carbons (Fsp3) is 0.583. The first-order chi connectivity index (χ1) is 8.19. The summed E-state index contributed by atoms with van der Waals surface area (Å²) in [6, 6.07) is 4.03. The summed E-state index contributed by atoms with van der Waals surface area (Å²) in [5, 5.41) is 0. The summed E-state index contributed by atoms with van der Waals surface area (Å²) in [5.74, 6) is 0.259. The summed E-state index contributed by atoms with van der Waals surface area (Å²) < 4.78 is 1.09. The van der Waals surface area contributed by atoms with Crippen LogP contribution in [0.2, 0.25) is 0 Å². The highest BCUT2D eigenvalue weighted by Crippen LogP contribution is 2.22. The van der Waals surface area contributed by atoms with E-state index in [9.17, 15) is 4.79 Å². The van der Waals surface area contributed by atoms with E-state index in [1.807, 2.05) is 17.0 Å². The van der Waals surface area contributed by atoms with Crippen LogP contribution in [0.4, 0.5) is 0 Å². The number of halogens is 1. The van der Waals surface area contributed by atoms with Crippen LogP contribution in [0.15, 0.2) is 15.9 Å². The third-order valence-electron chi connectivity index (χ3n) is 3.13. The molecule has 1 amide bonds.